The molecule has 1 aliphatic rings. The summed E-state index contributed by atoms with van der Waals surface area (Å²) >= 11 is 1.68. The molecule has 1 fully saturated rings. The summed E-state index contributed by atoms with van der Waals surface area (Å²) in [7, 11) is 0. The van der Waals surface area contributed by atoms with Crippen molar-refractivity contribution in [3.63, 3.8) is 0 Å². The molecule has 1 saturated heterocycles. The first-order valence-corrected chi connectivity index (χ1v) is 8.14. The van der Waals surface area contributed by atoms with Crippen molar-refractivity contribution in [3.05, 3.63) is 30.1 Å². The zero-order valence-electron chi connectivity index (χ0n) is 11.9. The number of benzene rings is 1. The molecule has 1 aliphatic heterocycles. The van der Waals surface area contributed by atoms with E-state index < -0.39 is 0 Å². The van der Waals surface area contributed by atoms with Crippen LogP contribution >= 0.6 is 24.2 Å². The standard InChI is InChI=1S/C15H21FN2OS.ClH/c16-12-5-7-13(8-6-12)20-11-3-10-18-15(19)14-4-1-2-9-17-14;/h5-8,14,17H,1-4,9-11H2,(H,18,19);1H. The Morgan fingerprint density at radius 2 is 2.10 bits per heavy atom. The third kappa shape index (κ3) is 6.68. The number of rotatable bonds is 6. The van der Waals surface area contributed by atoms with E-state index in [0.717, 1.165) is 42.9 Å². The maximum atomic E-state index is 12.7. The highest BCUT2D eigenvalue weighted by molar-refractivity contribution is 7.99. The van der Waals surface area contributed by atoms with Crippen LogP contribution < -0.4 is 10.6 Å². The van der Waals surface area contributed by atoms with Crippen molar-refractivity contribution in [2.24, 2.45) is 0 Å². The predicted molar refractivity (Wildman–Crippen MR) is 87.6 cm³/mol. The number of nitrogens with one attached hydrogen (secondary N) is 2. The van der Waals surface area contributed by atoms with E-state index in [1.54, 1.807) is 23.9 Å². The summed E-state index contributed by atoms with van der Waals surface area (Å²) in [6.07, 6.45) is 4.15. The second kappa shape index (κ2) is 10.0. The second-order valence-electron chi connectivity index (χ2n) is 4.95. The van der Waals surface area contributed by atoms with Gasteiger partial charge in [-0.3, -0.25) is 4.79 Å². The van der Waals surface area contributed by atoms with E-state index in [1.165, 1.54) is 12.1 Å². The maximum absolute atomic E-state index is 12.7. The first-order chi connectivity index (χ1) is 9.75. The molecule has 3 nitrogen and oxygen atoms in total. The van der Waals surface area contributed by atoms with Crippen LogP contribution in [0.25, 0.3) is 0 Å². The summed E-state index contributed by atoms with van der Waals surface area (Å²) in [6.45, 7) is 1.64. The van der Waals surface area contributed by atoms with Crippen LogP contribution in [-0.2, 0) is 4.79 Å². The van der Waals surface area contributed by atoms with Gasteiger partial charge in [-0.2, -0.15) is 0 Å². The molecule has 0 aromatic heterocycles. The molecule has 1 aromatic carbocycles. The molecule has 21 heavy (non-hydrogen) atoms. The van der Waals surface area contributed by atoms with Gasteiger partial charge in [-0.1, -0.05) is 6.42 Å². The third-order valence-corrected chi connectivity index (χ3v) is 4.43. The normalized spacial score (nSPS) is 17.9. The van der Waals surface area contributed by atoms with Crippen molar-refractivity contribution in [1.82, 2.24) is 10.6 Å². The molecule has 0 radical (unpaired) electrons. The number of carbonyl (C=O) groups is 1. The summed E-state index contributed by atoms with van der Waals surface area (Å²) in [5, 5.41) is 6.21. The van der Waals surface area contributed by atoms with Gasteiger partial charge in [0.25, 0.3) is 0 Å². The Kier molecular flexibility index (Phi) is 8.73. The van der Waals surface area contributed by atoms with Crippen LogP contribution in [0.3, 0.4) is 0 Å². The van der Waals surface area contributed by atoms with Crippen molar-refractivity contribution in [1.29, 1.82) is 0 Å². The fourth-order valence-corrected chi connectivity index (χ4v) is 3.06. The average molecular weight is 333 g/mol. The molecule has 0 spiro atoms. The molecule has 0 bridgehead atoms. The van der Waals surface area contributed by atoms with Crippen LogP contribution in [0.5, 0.6) is 0 Å². The Hall–Kier alpha value is -0.780. The van der Waals surface area contributed by atoms with Crippen molar-refractivity contribution in [3.8, 4) is 0 Å². The zero-order valence-corrected chi connectivity index (χ0v) is 13.6. The number of amides is 1. The highest BCUT2D eigenvalue weighted by Gasteiger charge is 2.19. The Morgan fingerprint density at radius 1 is 1.33 bits per heavy atom. The molecule has 6 heteroatoms. The summed E-state index contributed by atoms with van der Waals surface area (Å²) in [5.41, 5.74) is 0. The summed E-state index contributed by atoms with van der Waals surface area (Å²) in [4.78, 5) is 12.9. The number of thioether (sulfide) groups is 1. The molecule has 1 amide bonds. The van der Waals surface area contributed by atoms with Crippen molar-refractivity contribution < 1.29 is 9.18 Å². The zero-order chi connectivity index (χ0) is 14.2. The molecule has 1 unspecified atom stereocenters. The second-order valence-corrected chi connectivity index (χ2v) is 6.12. The van der Waals surface area contributed by atoms with E-state index in [-0.39, 0.29) is 30.2 Å². The fourth-order valence-electron chi connectivity index (χ4n) is 2.20. The largest absolute Gasteiger partial charge is 0.355 e. The quantitative estimate of drug-likeness (QED) is 0.621. The number of hydrogen-bond donors (Lipinski definition) is 2. The van der Waals surface area contributed by atoms with Crippen LogP contribution in [0.1, 0.15) is 25.7 Å². The monoisotopic (exact) mass is 332 g/mol. The van der Waals surface area contributed by atoms with Gasteiger partial charge in [0.1, 0.15) is 5.82 Å². The molecule has 0 aliphatic carbocycles. The van der Waals surface area contributed by atoms with Crippen molar-refractivity contribution >= 4 is 30.1 Å². The van der Waals surface area contributed by atoms with Crippen LogP contribution in [0, 0.1) is 5.82 Å². The topological polar surface area (TPSA) is 41.1 Å². The first-order valence-electron chi connectivity index (χ1n) is 7.15. The van der Waals surface area contributed by atoms with Crippen molar-refractivity contribution in [2.45, 2.75) is 36.6 Å². The van der Waals surface area contributed by atoms with Gasteiger partial charge in [-0.15, -0.1) is 24.2 Å². The predicted octanol–water partition coefficient (Wildman–Crippen LogP) is 2.99. The van der Waals surface area contributed by atoms with Gasteiger partial charge in [0.15, 0.2) is 0 Å². The van der Waals surface area contributed by atoms with Crippen molar-refractivity contribution in [2.75, 3.05) is 18.8 Å². The minimum Gasteiger partial charge on any atom is -0.355 e. The van der Waals surface area contributed by atoms with Crippen LogP contribution in [0.4, 0.5) is 4.39 Å². The lowest BCUT2D eigenvalue weighted by Gasteiger charge is -2.22. The van der Waals surface area contributed by atoms with Gasteiger partial charge < -0.3 is 10.6 Å². The number of piperidine rings is 1. The molecule has 118 valence electrons. The lowest BCUT2D eigenvalue weighted by Crippen LogP contribution is -2.46. The fraction of sp³-hybridized carbons (Fsp3) is 0.533. The Labute approximate surface area is 135 Å². The Morgan fingerprint density at radius 3 is 2.76 bits per heavy atom. The molecule has 0 saturated carbocycles. The first kappa shape index (κ1) is 18.3. The molecular weight excluding hydrogens is 311 g/mol. The SMILES string of the molecule is Cl.O=C(NCCCSc1ccc(F)cc1)C1CCCCN1. The van der Waals surface area contributed by atoms with E-state index in [2.05, 4.69) is 10.6 Å². The van der Waals surface area contributed by atoms with E-state index >= 15 is 0 Å². The smallest absolute Gasteiger partial charge is 0.237 e. The van der Waals surface area contributed by atoms with Crippen LogP contribution in [0.15, 0.2) is 29.2 Å². The van der Waals surface area contributed by atoms with Gasteiger partial charge in [-0.05, 0) is 55.8 Å². The highest BCUT2D eigenvalue weighted by Crippen LogP contribution is 2.18. The van der Waals surface area contributed by atoms with Gasteiger partial charge in [0.05, 0.1) is 6.04 Å². The molecule has 1 heterocycles. The van der Waals surface area contributed by atoms with E-state index in [4.69, 9.17) is 0 Å². The van der Waals surface area contributed by atoms with Crippen LogP contribution in [-0.4, -0.2) is 30.8 Å². The molecule has 1 atom stereocenters. The summed E-state index contributed by atoms with van der Waals surface area (Å²) in [5.74, 6) is 0.836. The summed E-state index contributed by atoms with van der Waals surface area (Å²) < 4.78 is 12.7. The van der Waals surface area contributed by atoms with E-state index in [1.807, 2.05) is 0 Å². The molecular formula is C15H22ClFN2OS. The van der Waals surface area contributed by atoms with E-state index in [0.29, 0.717) is 6.54 Å². The number of halogens is 2. The molecule has 2 N–H and O–H groups in total. The number of carbonyl (C=O) groups excluding carboxylic acids is 1. The minimum atomic E-state index is -0.207. The van der Waals surface area contributed by atoms with Crippen LogP contribution in [0.2, 0.25) is 0 Å². The van der Waals surface area contributed by atoms with E-state index in [9.17, 15) is 9.18 Å². The summed E-state index contributed by atoms with van der Waals surface area (Å²) in [6, 6.07) is 6.50. The van der Waals surface area contributed by atoms with Gasteiger partial charge in [0.2, 0.25) is 5.91 Å². The lowest BCUT2D eigenvalue weighted by molar-refractivity contribution is -0.123. The van der Waals surface area contributed by atoms with Gasteiger partial charge >= 0.3 is 0 Å². The van der Waals surface area contributed by atoms with Gasteiger partial charge in [0, 0.05) is 11.4 Å². The lowest BCUT2D eigenvalue weighted by atomic mass is 10.0. The third-order valence-electron chi connectivity index (χ3n) is 3.33. The van der Waals surface area contributed by atoms with Gasteiger partial charge in [-0.25, -0.2) is 4.39 Å². The highest BCUT2D eigenvalue weighted by atomic mass is 35.5. The molecule has 2 rings (SSSR count). The Bertz CT molecular complexity index is 424. The average Bonchev–Trinajstić information content (AvgIpc) is 2.49. The number of hydrogen-bond acceptors (Lipinski definition) is 3. The minimum absolute atomic E-state index is 0. The Balaban J connectivity index is 0.00000220. The molecule has 1 aromatic rings. The maximum Gasteiger partial charge on any atom is 0.237 e.